The summed E-state index contributed by atoms with van der Waals surface area (Å²) in [6.07, 6.45) is 0. The SMILES string of the molecule is COCCOCCOCCOCCOCCOCCOCCOCCOC(=O)c1ccc(O)cc1. The first kappa shape index (κ1) is 31.2. The molecule has 0 bridgehead atoms. The molecule has 1 N–H and O–H groups in total. The predicted molar refractivity (Wildman–Crippen MR) is 126 cm³/mol. The van der Waals surface area contributed by atoms with Gasteiger partial charge < -0.3 is 47.7 Å². The number of esters is 1. The van der Waals surface area contributed by atoms with Gasteiger partial charge in [-0.05, 0) is 24.3 Å². The summed E-state index contributed by atoms with van der Waals surface area (Å²) in [6.45, 7) is 7.45. The van der Waals surface area contributed by atoms with Crippen LogP contribution in [-0.4, -0.2) is 124 Å². The van der Waals surface area contributed by atoms with Crippen molar-refractivity contribution in [2.45, 2.75) is 0 Å². The van der Waals surface area contributed by atoms with Crippen LogP contribution >= 0.6 is 0 Å². The van der Waals surface area contributed by atoms with Gasteiger partial charge in [-0.15, -0.1) is 0 Å². The fourth-order valence-electron chi connectivity index (χ4n) is 2.44. The summed E-state index contributed by atoms with van der Waals surface area (Å²) in [5.74, 6) is -0.362. The number of aromatic hydroxyl groups is 1. The summed E-state index contributed by atoms with van der Waals surface area (Å²) in [7, 11) is 1.64. The quantitative estimate of drug-likeness (QED) is 0.153. The fourth-order valence-corrected chi connectivity index (χ4v) is 2.44. The maximum Gasteiger partial charge on any atom is 0.338 e. The predicted octanol–water partition coefficient (Wildman–Crippen LogP) is 1.31. The molecule has 0 amide bonds. The Morgan fingerprint density at radius 3 is 1.20 bits per heavy atom. The fraction of sp³-hybridized carbons (Fsp3) is 0.708. The molecule has 1 aromatic rings. The van der Waals surface area contributed by atoms with Gasteiger partial charge in [0.15, 0.2) is 0 Å². The highest BCUT2D eigenvalue weighted by atomic mass is 16.6. The van der Waals surface area contributed by atoms with Crippen molar-refractivity contribution < 1.29 is 52.5 Å². The Labute approximate surface area is 207 Å². The molecule has 0 aliphatic carbocycles. The molecular formula is C24H40O11. The topological polar surface area (TPSA) is 120 Å². The minimum absolute atomic E-state index is 0.0967. The zero-order valence-corrected chi connectivity index (χ0v) is 20.7. The molecule has 0 aromatic heterocycles. The van der Waals surface area contributed by atoms with Crippen LogP contribution in [-0.2, 0) is 42.6 Å². The van der Waals surface area contributed by atoms with E-state index >= 15 is 0 Å². The molecule has 11 heteroatoms. The lowest BCUT2D eigenvalue weighted by atomic mass is 10.2. The number of hydrogen-bond acceptors (Lipinski definition) is 11. The molecule has 202 valence electrons. The normalized spacial score (nSPS) is 11.1. The van der Waals surface area contributed by atoms with Crippen molar-refractivity contribution in [2.75, 3.05) is 113 Å². The maximum absolute atomic E-state index is 11.8. The van der Waals surface area contributed by atoms with E-state index in [1.807, 2.05) is 0 Å². The first-order valence-electron chi connectivity index (χ1n) is 11.7. The number of benzene rings is 1. The lowest BCUT2D eigenvalue weighted by Gasteiger charge is -2.08. The second kappa shape index (κ2) is 23.9. The summed E-state index contributed by atoms with van der Waals surface area (Å²) in [5, 5.41) is 9.20. The molecule has 0 spiro atoms. The van der Waals surface area contributed by atoms with E-state index in [0.717, 1.165) is 0 Å². The summed E-state index contributed by atoms with van der Waals surface area (Å²) < 4.78 is 47.6. The van der Waals surface area contributed by atoms with Crippen molar-refractivity contribution in [1.82, 2.24) is 0 Å². The summed E-state index contributed by atoms with van der Waals surface area (Å²) in [6, 6.07) is 5.86. The van der Waals surface area contributed by atoms with Gasteiger partial charge in [-0.2, -0.15) is 0 Å². The van der Waals surface area contributed by atoms with Crippen LogP contribution in [0.15, 0.2) is 24.3 Å². The molecule has 0 aliphatic rings. The average molecular weight is 505 g/mol. The number of carbonyl (C=O) groups excluding carboxylic acids is 1. The number of rotatable bonds is 25. The van der Waals surface area contributed by atoms with Gasteiger partial charge in [-0.1, -0.05) is 0 Å². The minimum atomic E-state index is -0.459. The zero-order valence-electron chi connectivity index (χ0n) is 20.7. The van der Waals surface area contributed by atoms with Crippen molar-refractivity contribution in [3.8, 4) is 5.75 Å². The molecule has 0 aliphatic heterocycles. The highest BCUT2D eigenvalue weighted by Gasteiger charge is 2.06. The van der Waals surface area contributed by atoms with Crippen LogP contribution < -0.4 is 0 Å². The van der Waals surface area contributed by atoms with E-state index in [2.05, 4.69) is 0 Å². The Kier molecular flexibility index (Phi) is 21.3. The van der Waals surface area contributed by atoms with Crippen LogP contribution in [0.5, 0.6) is 5.75 Å². The first-order valence-corrected chi connectivity index (χ1v) is 11.7. The van der Waals surface area contributed by atoms with Gasteiger partial charge in [0.05, 0.1) is 105 Å². The number of methoxy groups -OCH3 is 1. The summed E-state index contributed by atoms with van der Waals surface area (Å²) in [4.78, 5) is 11.8. The Morgan fingerprint density at radius 1 is 0.543 bits per heavy atom. The van der Waals surface area contributed by atoms with E-state index in [0.29, 0.717) is 98.1 Å². The standard InChI is InChI=1S/C24H40O11/c1-27-6-7-28-8-9-29-10-11-30-12-13-31-14-15-32-16-17-33-18-19-34-20-21-35-24(26)22-2-4-23(25)5-3-22/h2-5,25H,6-21H2,1H3. The van der Waals surface area contributed by atoms with Crippen LogP contribution in [0.4, 0.5) is 0 Å². The summed E-state index contributed by atoms with van der Waals surface area (Å²) in [5.41, 5.74) is 0.377. The molecule has 11 nitrogen and oxygen atoms in total. The van der Waals surface area contributed by atoms with E-state index < -0.39 is 5.97 Å². The number of phenols is 1. The van der Waals surface area contributed by atoms with Gasteiger partial charge in [0, 0.05) is 7.11 Å². The third-order valence-electron chi connectivity index (χ3n) is 4.23. The van der Waals surface area contributed by atoms with E-state index in [1.165, 1.54) is 24.3 Å². The molecule has 0 heterocycles. The first-order chi connectivity index (χ1) is 17.2. The molecule has 0 fully saturated rings. The molecule has 35 heavy (non-hydrogen) atoms. The van der Waals surface area contributed by atoms with E-state index in [1.54, 1.807) is 7.11 Å². The van der Waals surface area contributed by atoms with Gasteiger partial charge in [-0.3, -0.25) is 0 Å². The molecule has 1 aromatic carbocycles. The second-order valence-corrected chi connectivity index (χ2v) is 6.96. The highest BCUT2D eigenvalue weighted by molar-refractivity contribution is 5.89. The lowest BCUT2D eigenvalue weighted by Crippen LogP contribution is -2.15. The van der Waals surface area contributed by atoms with Gasteiger partial charge >= 0.3 is 5.97 Å². The van der Waals surface area contributed by atoms with Crippen molar-refractivity contribution in [3.63, 3.8) is 0 Å². The van der Waals surface area contributed by atoms with Crippen LogP contribution in [0.3, 0.4) is 0 Å². The number of phenolic OH excluding ortho intramolecular Hbond substituents is 1. The zero-order chi connectivity index (χ0) is 25.2. The van der Waals surface area contributed by atoms with Gasteiger partial charge in [0.25, 0.3) is 0 Å². The van der Waals surface area contributed by atoms with E-state index in [9.17, 15) is 9.90 Å². The largest absolute Gasteiger partial charge is 0.508 e. The Morgan fingerprint density at radius 2 is 0.857 bits per heavy atom. The molecule has 0 saturated carbocycles. The van der Waals surface area contributed by atoms with Crippen LogP contribution in [0.2, 0.25) is 0 Å². The van der Waals surface area contributed by atoms with E-state index in [-0.39, 0.29) is 19.0 Å². The Bertz CT molecular complexity index is 598. The highest BCUT2D eigenvalue weighted by Crippen LogP contribution is 2.10. The number of ether oxygens (including phenoxy) is 9. The lowest BCUT2D eigenvalue weighted by molar-refractivity contribution is -0.0235. The van der Waals surface area contributed by atoms with Crippen LogP contribution in [0.25, 0.3) is 0 Å². The van der Waals surface area contributed by atoms with Gasteiger partial charge in [0.1, 0.15) is 12.4 Å². The van der Waals surface area contributed by atoms with Gasteiger partial charge in [0.2, 0.25) is 0 Å². The third-order valence-corrected chi connectivity index (χ3v) is 4.23. The Hall–Kier alpha value is -1.83. The van der Waals surface area contributed by atoms with Gasteiger partial charge in [-0.25, -0.2) is 4.79 Å². The number of hydrogen-bond donors (Lipinski definition) is 1. The summed E-state index contributed by atoms with van der Waals surface area (Å²) >= 11 is 0. The van der Waals surface area contributed by atoms with Crippen LogP contribution in [0, 0.1) is 0 Å². The molecule has 0 saturated heterocycles. The van der Waals surface area contributed by atoms with Crippen molar-refractivity contribution in [3.05, 3.63) is 29.8 Å². The number of carbonyl (C=O) groups is 1. The average Bonchev–Trinajstić information content (AvgIpc) is 2.87. The maximum atomic E-state index is 11.8. The van der Waals surface area contributed by atoms with Crippen molar-refractivity contribution in [2.24, 2.45) is 0 Å². The minimum Gasteiger partial charge on any atom is -0.508 e. The smallest absolute Gasteiger partial charge is 0.338 e. The molecule has 0 atom stereocenters. The van der Waals surface area contributed by atoms with Crippen molar-refractivity contribution in [1.29, 1.82) is 0 Å². The monoisotopic (exact) mass is 504 g/mol. The van der Waals surface area contributed by atoms with Crippen molar-refractivity contribution >= 4 is 5.97 Å². The van der Waals surface area contributed by atoms with Crippen LogP contribution in [0.1, 0.15) is 10.4 Å². The van der Waals surface area contributed by atoms with E-state index in [4.69, 9.17) is 42.6 Å². The molecule has 0 unspecified atom stereocenters. The Balaban J connectivity index is 1.70. The molecule has 1 rings (SSSR count). The second-order valence-electron chi connectivity index (χ2n) is 6.96. The molecule has 0 radical (unpaired) electrons. The third kappa shape index (κ3) is 20.1. The molecular weight excluding hydrogens is 464 g/mol.